The lowest BCUT2D eigenvalue weighted by molar-refractivity contribution is 0.0595. The van der Waals surface area contributed by atoms with Crippen molar-refractivity contribution < 1.29 is 13.2 Å². The first-order valence-electron chi connectivity index (χ1n) is 12.0. The Bertz CT molecular complexity index is 1220. The molecule has 2 heterocycles. The van der Waals surface area contributed by atoms with E-state index in [0.717, 1.165) is 43.7 Å². The average molecular weight is 516 g/mol. The van der Waals surface area contributed by atoms with E-state index in [-0.39, 0.29) is 23.1 Å². The van der Waals surface area contributed by atoms with Crippen LogP contribution in [0, 0.1) is 11.3 Å². The zero-order valence-electron chi connectivity index (χ0n) is 19.6. The van der Waals surface area contributed by atoms with Crippen molar-refractivity contribution >= 4 is 21.6 Å². The summed E-state index contributed by atoms with van der Waals surface area (Å²) in [6.07, 6.45) is 1.17. The molecule has 0 spiro atoms. The van der Waals surface area contributed by atoms with Crippen molar-refractivity contribution in [2.45, 2.75) is 48.9 Å². The molecular weight excluding hydrogens is 486 g/mol. The molecule has 8 nitrogen and oxygen atoms in total. The van der Waals surface area contributed by atoms with Crippen molar-refractivity contribution in [3.63, 3.8) is 0 Å². The molecule has 0 radical (unpaired) electrons. The van der Waals surface area contributed by atoms with Crippen LogP contribution >= 0.6 is 11.6 Å². The van der Waals surface area contributed by atoms with Gasteiger partial charge in [0, 0.05) is 43.3 Å². The molecule has 0 amide bonds. The van der Waals surface area contributed by atoms with Crippen LogP contribution < -0.4 is 20.1 Å². The fraction of sp³-hybridized carbons (Fsp3) is 0.480. The Kier molecular flexibility index (Phi) is 7.04. The average Bonchev–Trinajstić information content (AvgIpc) is 3.47. The number of fused-ring (bicyclic) bond motifs is 1. The fourth-order valence-corrected chi connectivity index (χ4v) is 6.87. The molecule has 3 aliphatic rings. The second-order valence-electron chi connectivity index (χ2n) is 9.58. The summed E-state index contributed by atoms with van der Waals surface area (Å²) >= 11 is 6.36. The largest absolute Gasteiger partial charge is 0.484 e. The molecule has 4 atom stereocenters. The first kappa shape index (κ1) is 24.5. The molecule has 2 aliphatic heterocycles. The summed E-state index contributed by atoms with van der Waals surface area (Å²) in [7, 11) is -3.60. The van der Waals surface area contributed by atoms with Gasteiger partial charge in [-0.2, -0.15) is 5.26 Å². The first-order chi connectivity index (χ1) is 16.8. The molecule has 0 aromatic heterocycles. The minimum absolute atomic E-state index is 0.0556. The minimum Gasteiger partial charge on any atom is -0.484 e. The van der Waals surface area contributed by atoms with Gasteiger partial charge in [-0.05, 0) is 73.8 Å². The van der Waals surface area contributed by atoms with Gasteiger partial charge in [0.2, 0.25) is 10.0 Å². The maximum atomic E-state index is 12.8. The van der Waals surface area contributed by atoms with Gasteiger partial charge in [-0.1, -0.05) is 11.6 Å². The van der Waals surface area contributed by atoms with Gasteiger partial charge in [0.05, 0.1) is 22.6 Å². The van der Waals surface area contributed by atoms with E-state index in [2.05, 4.69) is 33.2 Å². The highest BCUT2D eigenvalue weighted by Crippen LogP contribution is 2.41. The molecule has 0 bridgehead atoms. The van der Waals surface area contributed by atoms with Crippen LogP contribution in [-0.4, -0.2) is 64.2 Å². The zero-order valence-corrected chi connectivity index (χ0v) is 21.2. The van der Waals surface area contributed by atoms with Crippen LogP contribution in [0.5, 0.6) is 5.75 Å². The summed E-state index contributed by atoms with van der Waals surface area (Å²) in [5, 5.41) is 16.9. The number of nitrogens with zero attached hydrogens (tertiary/aromatic N) is 2. The van der Waals surface area contributed by atoms with Crippen molar-refractivity contribution in [3.8, 4) is 11.8 Å². The van der Waals surface area contributed by atoms with Crippen LogP contribution in [-0.2, 0) is 16.4 Å². The Balaban J connectivity index is 1.41. The van der Waals surface area contributed by atoms with E-state index in [0.29, 0.717) is 35.3 Å². The van der Waals surface area contributed by atoms with E-state index >= 15 is 0 Å². The van der Waals surface area contributed by atoms with Crippen molar-refractivity contribution in [1.29, 1.82) is 5.26 Å². The lowest BCUT2D eigenvalue weighted by Gasteiger charge is -2.38. The van der Waals surface area contributed by atoms with Crippen LogP contribution in [0.2, 0.25) is 5.02 Å². The predicted octanol–water partition coefficient (Wildman–Crippen LogP) is 2.19. The van der Waals surface area contributed by atoms with Gasteiger partial charge < -0.3 is 15.4 Å². The maximum Gasteiger partial charge on any atom is 0.240 e. The molecule has 2 saturated heterocycles. The third kappa shape index (κ3) is 5.19. The molecule has 2 aromatic rings. The third-order valence-electron chi connectivity index (χ3n) is 7.09. The van der Waals surface area contributed by atoms with Gasteiger partial charge in [0.1, 0.15) is 11.9 Å². The highest BCUT2D eigenvalue weighted by molar-refractivity contribution is 7.89. The van der Waals surface area contributed by atoms with Crippen LogP contribution in [0.4, 0.5) is 0 Å². The number of nitriles is 1. The number of ether oxygens (including phenoxy) is 1. The van der Waals surface area contributed by atoms with Crippen molar-refractivity contribution in [2.24, 2.45) is 0 Å². The maximum absolute atomic E-state index is 12.8. The highest BCUT2D eigenvalue weighted by Gasteiger charge is 2.40. The summed E-state index contributed by atoms with van der Waals surface area (Å²) in [6.45, 7) is 6.28. The number of hydrogen-bond acceptors (Lipinski definition) is 7. The minimum atomic E-state index is -3.60. The molecule has 0 saturated carbocycles. The molecule has 5 rings (SSSR count). The van der Waals surface area contributed by atoms with Gasteiger partial charge in [-0.3, -0.25) is 4.90 Å². The Morgan fingerprint density at radius 3 is 2.71 bits per heavy atom. The van der Waals surface area contributed by atoms with Crippen LogP contribution in [0.15, 0.2) is 41.3 Å². The standard InChI is InChI=1S/C25H30ClN5O3S/c1-16-15-31(9-8-29-16)24-12-22-17(13-27)10-18(26)11-23(22)25(24)34-20-2-4-21(5-3-20)35(32,33)30-19-6-7-28-14-19/h2-5,10-11,16,19,24-25,28-30H,6-9,12,14-15H2,1H3/t16-,19+,24+,25+/m1/s1. The number of hydrogen-bond donors (Lipinski definition) is 3. The van der Waals surface area contributed by atoms with E-state index in [1.54, 1.807) is 30.3 Å². The van der Waals surface area contributed by atoms with E-state index in [1.807, 2.05) is 6.07 Å². The highest BCUT2D eigenvalue weighted by atomic mass is 35.5. The molecule has 3 N–H and O–H groups in total. The third-order valence-corrected chi connectivity index (χ3v) is 8.84. The van der Waals surface area contributed by atoms with Crippen LogP contribution in [0.1, 0.15) is 36.1 Å². The molecule has 186 valence electrons. The summed E-state index contributed by atoms with van der Waals surface area (Å²) in [5.41, 5.74) is 2.49. The topological polar surface area (TPSA) is 106 Å². The number of piperazine rings is 1. The van der Waals surface area contributed by atoms with Crippen molar-refractivity contribution in [2.75, 3.05) is 32.7 Å². The van der Waals surface area contributed by atoms with Gasteiger partial charge >= 0.3 is 0 Å². The SMILES string of the molecule is C[C@@H]1CN([C@H]2Cc3c(C#N)cc(Cl)cc3[C@@H]2Oc2ccc(S(=O)(=O)N[C@H]3CCNC3)cc2)CCN1. The normalized spacial score (nSPS) is 26.9. The quantitative estimate of drug-likeness (QED) is 0.541. The Morgan fingerprint density at radius 2 is 2.03 bits per heavy atom. The molecule has 2 aromatic carbocycles. The van der Waals surface area contributed by atoms with Gasteiger partial charge in [-0.15, -0.1) is 0 Å². The summed E-state index contributed by atoms with van der Waals surface area (Å²) in [4.78, 5) is 2.63. The number of nitrogens with one attached hydrogen (secondary N) is 3. The Labute approximate surface area is 211 Å². The second kappa shape index (κ2) is 10.1. The second-order valence-corrected chi connectivity index (χ2v) is 11.7. The molecule has 10 heteroatoms. The van der Waals surface area contributed by atoms with Gasteiger partial charge in [0.25, 0.3) is 0 Å². The van der Waals surface area contributed by atoms with E-state index in [1.165, 1.54) is 0 Å². The first-order valence-corrected chi connectivity index (χ1v) is 13.9. The van der Waals surface area contributed by atoms with E-state index < -0.39 is 10.0 Å². The molecule has 2 fully saturated rings. The summed E-state index contributed by atoms with van der Waals surface area (Å²) in [6, 6.07) is 12.8. The molecule has 0 unspecified atom stereocenters. The van der Waals surface area contributed by atoms with Crippen LogP contribution in [0.25, 0.3) is 0 Å². The Morgan fingerprint density at radius 1 is 1.23 bits per heavy atom. The van der Waals surface area contributed by atoms with Gasteiger partial charge in [-0.25, -0.2) is 13.1 Å². The molecule has 1 aliphatic carbocycles. The number of halogens is 1. The van der Waals surface area contributed by atoms with E-state index in [9.17, 15) is 13.7 Å². The Hall–Kier alpha value is -2.19. The van der Waals surface area contributed by atoms with Crippen molar-refractivity contribution in [1.82, 2.24) is 20.3 Å². The summed E-state index contributed by atoms with van der Waals surface area (Å²) in [5.74, 6) is 0.580. The van der Waals surface area contributed by atoms with E-state index in [4.69, 9.17) is 16.3 Å². The fourth-order valence-electron chi connectivity index (χ4n) is 5.38. The monoisotopic (exact) mass is 515 g/mol. The number of benzene rings is 2. The molecular formula is C25H30ClN5O3S. The lowest BCUT2D eigenvalue weighted by atomic mass is 10.0. The number of sulfonamides is 1. The number of rotatable bonds is 6. The van der Waals surface area contributed by atoms with Gasteiger partial charge in [0.15, 0.2) is 0 Å². The van der Waals surface area contributed by atoms with Crippen LogP contribution in [0.3, 0.4) is 0 Å². The van der Waals surface area contributed by atoms with Crippen molar-refractivity contribution in [3.05, 3.63) is 58.1 Å². The predicted molar refractivity (Wildman–Crippen MR) is 134 cm³/mol. The smallest absolute Gasteiger partial charge is 0.240 e. The zero-order chi connectivity index (χ0) is 24.6. The lowest BCUT2D eigenvalue weighted by Crippen LogP contribution is -2.54. The summed E-state index contributed by atoms with van der Waals surface area (Å²) < 4.78 is 34.8. The molecule has 35 heavy (non-hydrogen) atoms.